The van der Waals surface area contributed by atoms with Crippen molar-refractivity contribution in [3.8, 4) is 0 Å². The Morgan fingerprint density at radius 1 is 1.11 bits per heavy atom. The Kier molecular flexibility index (Phi) is 12.7. The average molecular weight is 547 g/mol. The van der Waals surface area contributed by atoms with E-state index in [-0.39, 0.29) is 17.9 Å². The van der Waals surface area contributed by atoms with Crippen molar-refractivity contribution >= 4 is 17.8 Å². The van der Waals surface area contributed by atoms with E-state index >= 15 is 0 Å². The lowest BCUT2D eigenvalue weighted by atomic mass is 9.82. The molecule has 1 aromatic rings. The van der Waals surface area contributed by atoms with Crippen LogP contribution in [0, 0.1) is 11.8 Å². The molecule has 3 atom stereocenters. The minimum atomic E-state index is -5.08. The van der Waals surface area contributed by atoms with Gasteiger partial charge in [0.15, 0.2) is 0 Å². The molecule has 3 N–H and O–H groups in total. The maximum absolute atomic E-state index is 12.7. The van der Waals surface area contributed by atoms with Crippen molar-refractivity contribution in [3.63, 3.8) is 0 Å². The number of rotatable bonds is 6. The fourth-order valence-corrected chi connectivity index (χ4v) is 3.55. The molecule has 10 nitrogen and oxygen atoms in total. The number of nitrogens with one attached hydrogen (secondary N) is 1. The van der Waals surface area contributed by atoms with E-state index in [0.717, 1.165) is 38.4 Å². The number of nitrogens with zero attached hydrogens (tertiary/aromatic N) is 2. The summed E-state index contributed by atoms with van der Waals surface area (Å²) < 4.78 is 74.5. The van der Waals surface area contributed by atoms with Gasteiger partial charge in [0.2, 0.25) is 5.91 Å². The molecular formula is C21H27F6N3O7. The highest BCUT2D eigenvalue weighted by Crippen LogP contribution is 2.33. The Bertz CT molecular complexity index is 846. The maximum atomic E-state index is 12.7. The maximum Gasteiger partial charge on any atom is 0.490 e. The number of fused-ring (bicyclic) bond motifs is 1. The standard InChI is InChI=1S/C17H25N3O3.2C2HF3O2/c1-22-9-7-20-11-15(14-5-8-23-16(14)12-20)17(21)19-10-13-4-2-3-6-18-13;2*3-2(4,5)1(6)7/h2-4,6,14-16H,5,7-12H2,1H3,(H,19,21);2*(H,6,7)/t14-,15-,16+;;/m0../s1. The van der Waals surface area contributed by atoms with E-state index in [2.05, 4.69) is 15.2 Å². The summed E-state index contributed by atoms with van der Waals surface area (Å²) >= 11 is 0. The molecule has 0 unspecified atom stereocenters. The lowest BCUT2D eigenvalue weighted by Gasteiger charge is -2.39. The minimum Gasteiger partial charge on any atom is -0.475 e. The van der Waals surface area contributed by atoms with Crippen LogP contribution in [0.5, 0.6) is 0 Å². The number of amides is 1. The molecule has 0 spiro atoms. The number of halogens is 6. The highest BCUT2D eigenvalue weighted by atomic mass is 19.4. The van der Waals surface area contributed by atoms with Gasteiger partial charge in [0, 0.05) is 45.5 Å². The normalized spacial score (nSPS) is 21.4. The molecule has 1 aromatic heterocycles. The SMILES string of the molecule is COCCN1C[C@H](C(=O)NCc2ccccn2)[C@@H]2CCO[C@@H]2C1.O=C(O)C(F)(F)F.O=C(O)C(F)(F)F. The predicted molar refractivity (Wildman–Crippen MR) is 113 cm³/mol. The first kappa shape index (κ1) is 32.0. The van der Waals surface area contributed by atoms with Gasteiger partial charge in [0.05, 0.1) is 30.9 Å². The number of hydrogen-bond acceptors (Lipinski definition) is 7. The number of carbonyl (C=O) groups excluding carboxylic acids is 1. The average Bonchev–Trinajstić information content (AvgIpc) is 3.29. The zero-order valence-electron chi connectivity index (χ0n) is 19.6. The third-order valence-electron chi connectivity index (χ3n) is 5.27. The van der Waals surface area contributed by atoms with Crippen LogP contribution in [0.4, 0.5) is 26.3 Å². The van der Waals surface area contributed by atoms with Crippen LogP contribution >= 0.6 is 0 Å². The first-order valence-electron chi connectivity index (χ1n) is 10.8. The van der Waals surface area contributed by atoms with Gasteiger partial charge in [-0.1, -0.05) is 6.07 Å². The fourth-order valence-electron chi connectivity index (χ4n) is 3.55. The van der Waals surface area contributed by atoms with Gasteiger partial charge < -0.3 is 25.0 Å². The topological polar surface area (TPSA) is 138 Å². The largest absolute Gasteiger partial charge is 0.490 e. The molecule has 0 saturated carbocycles. The lowest BCUT2D eigenvalue weighted by Crippen LogP contribution is -2.53. The summed E-state index contributed by atoms with van der Waals surface area (Å²) in [4.78, 5) is 37.0. The molecule has 0 radical (unpaired) electrons. The number of carboxylic acid groups (broad SMARTS) is 2. The highest BCUT2D eigenvalue weighted by molar-refractivity contribution is 5.79. The molecule has 2 aliphatic rings. The van der Waals surface area contributed by atoms with E-state index in [4.69, 9.17) is 29.3 Å². The first-order chi connectivity index (χ1) is 17.2. The lowest BCUT2D eigenvalue weighted by molar-refractivity contribution is -0.193. The van der Waals surface area contributed by atoms with E-state index in [1.165, 1.54) is 0 Å². The second-order valence-corrected chi connectivity index (χ2v) is 7.87. The Morgan fingerprint density at radius 2 is 1.70 bits per heavy atom. The number of ether oxygens (including phenoxy) is 2. The van der Waals surface area contributed by atoms with Crippen LogP contribution in [-0.4, -0.2) is 96.4 Å². The van der Waals surface area contributed by atoms with Gasteiger partial charge >= 0.3 is 24.3 Å². The van der Waals surface area contributed by atoms with Gasteiger partial charge in [0.25, 0.3) is 0 Å². The number of piperidine rings is 1. The molecule has 1 amide bonds. The molecule has 2 saturated heterocycles. The van der Waals surface area contributed by atoms with E-state index in [1.807, 2.05) is 18.2 Å². The fraction of sp³-hybridized carbons (Fsp3) is 0.619. The zero-order valence-corrected chi connectivity index (χ0v) is 19.6. The number of carboxylic acids is 2. The van der Waals surface area contributed by atoms with Gasteiger partial charge in [-0.25, -0.2) is 9.59 Å². The van der Waals surface area contributed by atoms with Gasteiger partial charge in [-0.3, -0.25) is 14.7 Å². The van der Waals surface area contributed by atoms with Gasteiger partial charge in [-0.2, -0.15) is 26.3 Å². The molecule has 16 heteroatoms. The quantitative estimate of drug-likeness (QED) is 0.456. The zero-order chi connectivity index (χ0) is 28.2. The molecule has 2 aliphatic heterocycles. The Hall–Kier alpha value is -2.98. The molecule has 0 bridgehead atoms. The van der Waals surface area contributed by atoms with Crippen LogP contribution in [0.1, 0.15) is 12.1 Å². The van der Waals surface area contributed by atoms with Crippen LogP contribution in [0.3, 0.4) is 0 Å². The van der Waals surface area contributed by atoms with Crippen molar-refractivity contribution < 1.29 is 60.4 Å². The third-order valence-corrected chi connectivity index (χ3v) is 5.27. The van der Waals surface area contributed by atoms with E-state index in [0.29, 0.717) is 19.1 Å². The summed E-state index contributed by atoms with van der Waals surface area (Å²) in [5.74, 6) is -5.09. The van der Waals surface area contributed by atoms with Crippen LogP contribution in [0.25, 0.3) is 0 Å². The second kappa shape index (κ2) is 14.7. The second-order valence-electron chi connectivity index (χ2n) is 7.87. The summed E-state index contributed by atoms with van der Waals surface area (Å²) in [7, 11) is 1.70. The molecule has 3 heterocycles. The van der Waals surface area contributed by atoms with Crippen molar-refractivity contribution in [3.05, 3.63) is 30.1 Å². The molecule has 0 aromatic carbocycles. The number of aromatic nitrogens is 1. The molecule has 210 valence electrons. The molecule has 37 heavy (non-hydrogen) atoms. The van der Waals surface area contributed by atoms with Gasteiger partial charge in [-0.05, 0) is 18.6 Å². The van der Waals surface area contributed by atoms with Gasteiger partial charge in [-0.15, -0.1) is 0 Å². The Morgan fingerprint density at radius 3 is 2.19 bits per heavy atom. The number of likely N-dealkylation sites (tertiary alicyclic amines) is 1. The molecule has 2 fully saturated rings. The summed E-state index contributed by atoms with van der Waals surface area (Å²) in [5.41, 5.74) is 0.882. The van der Waals surface area contributed by atoms with Crippen LogP contribution < -0.4 is 5.32 Å². The van der Waals surface area contributed by atoms with Crippen LogP contribution in [0.2, 0.25) is 0 Å². The third kappa shape index (κ3) is 11.7. The van der Waals surface area contributed by atoms with Crippen molar-refractivity contribution in [1.82, 2.24) is 15.2 Å². The van der Waals surface area contributed by atoms with Crippen LogP contribution in [0.15, 0.2) is 24.4 Å². The smallest absolute Gasteiger partial charge is 0.475 e. The number of methoxy groups -OCH3 is 1. The summed E-state index contributed by atoms with van der Waals surface area (Å²) in [6, 6.07) is 5.73. The Balaban J connectivity index is 0.000000404. The number of pyridine rings is 1. The summed E-state index contributed by atoms with van der Waals surface area (Å²) in [6.07, 6.45) is -7.27. The monoisotopic (exact) mass is 547 g/mol. The molecular weight excluding hydrogens is 520 g/mol. The number of hydrogen-bond donors (Lipinski definition) is 3. The number of alkyl halides is 6. The summed E-state index contributed by atoms with van der Waals surface area (Å²) in [6.45, 7) is 4.44. The van der Waals surface area contributed by atoms with Crippen LogP contribution in [-0.2, 0) is 30.4 Å². The minimum absolute atomic E-state index is 0.0168. The van der Waals surface area contributed by atoms with Crippen molar-refractivity contribution in [2.75, 3.05) is 40.0 Å². The van der Waals surface area contributed by atoms with Crippen molar-refractivity contribution in [2.24, 2.45) is 11.8 Å². The van der Waals surface area contributed by atoms with E-state index in [9.17, 15) is 31.1 Å². The van der Waals surface area contributed by atoms with E-state index < -0.39 is 24.3 Å². The molecule has 3 rings (SSSR count). The van der Waals surface area contributed by atoms with Crippen molar-refractivity contribution in [1.29, 1.82) is 0 Å². The molecule has 0 aliphatic carbocycles. The predicted octanol–water partition coefficient (Wildman–Crippen LogP) is 1.95. The van der Waals surface area contributed by atoms with Gasteiger partial charge in [0.1, 0.15) is 0 Å². The number of aliphatic carboxylic acids is 2. The summed E-state index contributed by atoms with van der Waals surface area (Å²) in [5, 5.41) is 17.3. The first-order valence-corrected chi connectivity index (χ1v) is 10.8. The van der Waals surface area contributed by atoms with E-state index in [1.54, 1.807) is 13.3 Å². The number of carbonyl (C=O) groups is 3. The van der Waals surface area contributed by atoms with Crippen molar-refractivity contribution in [2.45, 2.75) is 31.4 Å². The Labute approximate surface area is 207 Å². The highest BCUT2D eigenvalue weighted by Gasteiger charge is 2.43.